The zero-order chi connectivity index (χ0) is 14.0. The molecule has 4 nitrogen and oxygen atoms in total. The van der Waals surface area contributed by atoms with Crippen LogP contribution in [0.15, 0.2) is 6.20 Å². The average molecular weight is 300 g/mol. The first-order valence-corrected chi connectivity index (χ1v) is 7.03. The van der Waals surface area contributed by atoms with Gasteiger partial charge in [-0.25, -0.2) is 9.67 Å². The highest BCUT2D eigenvalue weighted by Crippen LogP contribution is 2.29. The van der Waals surface area contributed by atoms with E-state index < -0.39 is 5.24 Å². The summed E-state index contributed by atoms with van der Waals surface area (Å²) >= 11 is 11.7. The van der Waals surface area contributed by atoms with Crippen molar-refractivity contribution in [1.29, 1.82) is 0 Å². The van der Waals surface area contributed by atoms with Crippen molar-refractivity contribution in [1.82, 2.24) is 14.8 Å². The number of rotatable bonds is 5. The predicted molar refractivity (Wildman–Crippen MR) is 77.0 cm³/mol. The Labute approximate surface area is 121 Å². The van der Waals surface area contributed by atoms with E-state index in [9.17, 15) is 4.79 Å². The second kappa shape index (κ2) is 5.88. The van der Waals surface area contributed by atoms with Crippen LogP contribution in [-0.2, 0) is 6.54 Å². The molecule has 0 unspecified atom stereocenters. The number of fused-ring (bicyclic) bond motifs is 1. The summed E-state index contributed by atoms with van der Waals surface area (Å²) in [6.45, 7) is 4.81. The number of hydrogen-bond donors (Lipinski definition) is 0. The summed E-state index contributed by atoms with van der Waals surface area (Å²) in [6, 6.07) is 0. The third kappa shape index (κ3) is 2.74. The van der Waals surface area contributed by atoms with Gasteiger partial charge in [-0.3, -0.25) is 4.79 Å². The molecule has 0 spiro atoms. The van der Waals surface area contributed by atoms with Crippen LogP contribution in [0.3, 0.4) is 0 Å². The third-order valence-corrected chi connectivity index (χ3v) is 3.65. The monoisotopic (exact) mass is 299 g/mol. The molecule has 0 aliphatic rings. The Kier molecular flexibility index (Phi) is 4.42. The van der Waals surface area contributed by atoms with Crippen LogP contribution in [0.4, 0.5) is 0 Å². The molecule has 6 heteroatoms. The molecule has 0 radical (unpaired) electrons. The SMILES string of the molecule is CCCCCn1nc(C)c2c(Cl)c(C(=O)Cl)cnc21. The Morgan fingerprint density at radius 1 is 1.42 bits per heavy atom. The minimum Gasteiger partial charge on any atom is -0.275 e. The van der Waals surface area contributed by atoms with E-state index in [-0.39, 0.29) is 5.56 Å². The van der Waals surface area contributed by atoms with Crippen LogP contribution in [0.1, 0.15) is 42.2 Å². The van der Waals surface area contributed by atoms with Crippen LogP contribution in [0, 0.1) is 6.92 Å². The van der Waals surface area contributed by atoms with Gasteiger partial charge in [-0.05, 0) is 24.9 Å². The van der Waals surface area contributed by atoms with Gasteiger partial charge in [-0.15, -0.1) is 0 Å². The van der Waals surface area contributed by atoms with Crippen molar-refractivity contribution in [3.05, 3.63) is 22.5 Å². The molecule has 2 aromatic rings. The maximum Gasteiger partial charge on any atom is 0.255 e. The van der Waals surface area contributed by atoms with Gasteiger partial charge in [-0.1, -0.05) is 31.4 Å². The first-order valence-electron chi connectivity index (χ1n) is 6.27. The Morgan fingerprint density at radius 3 is 2.79 bits per heavy atom. The molecular formula is C13H15Cl2N3O. The van der Waals surface area contributed by atoms with Crippen LogP contribution in [0.5, 0.6) is 0 Å². The van der Waals surface area contributed by atoms with Crippen molar-refractivity contribution in [2.24, 2.45) is 0 Å². The van der Waals surface area contributed by atoms with Gasteiger partial charge < -0.3 is 0 Å². The zero-order valence-corrected chi connectivity index (χ0v) is 12.4. The number of carbonyl (C=O) groups is 1. The molecule has 0 saturated heterocycles. The van der Waals surface area contributed by atoms with E-state index in [0.29, 0.717) is 16.1 Å². The topological polar surface area (TPSA) is 47.8 Å². The van der Waals surface area contributed by atoms with E-state index in [1.165, 1.54) is 6.20 Å². The van der Waals surface area contributed by atoms with Gasteiger partial charge >= 0.3 is 0 Å². The Balaban J connectivity index is 2.48. The lowest BCUT2D eigenvalue weighted by atomic mass is 10.2. The lowest BCUT2D eigenvalue weighted by Gasteiger charge is -2.03. The number of carbonyl (C=O) groups excluding carboxylic acids is 1. The van der Waals surface area contributed by atoms with Crippen molar-refractivity contribution in [2.45, 2.75) is 39.7 Å². The van der Waals surface area contributed by atoms with E-state index in [4.69, 9.17) is 23.2 Å². The zero-order valence-electron chi connectivity index (χ0n) is 10.9. The molecule has 2 heterocycles. The van der Waals surface area contributed by atoms with Crippen LogP contribution >= 0.6 is 23.2 Å². The third-order valence-electron chi connectivity index (χ3n) is 3.06. The van der Waals surface area contributed by atoms with Crippen LogP contribution < -0.4 is 0 Å². The van der Waals surface area contributed by atoms with Gasteiger partial charge in [0, 0.05) is 12.7 Å². The summed E-state index contributed by atoms with van der Waals surface area (Å²) < 4.78 is 1.84. The molecule has 0 atom stereocenters. The predicted octanol–water partition coefficient (Wildman–Crippen LogP) is 3.96. The van der Waals surface area contributed by atoms with Crippen molar-refractivity contribution in [3.63, 3.8) is 0 Å². The van der Waals surface area contributed by atoms with Crippen LogP contribution in [0.25, 0.3) is 11.0 Å². The fourth-order valence-corrected chi connectivity index (χ4v) is 2.63. The van der Waals surface area contributed by atoms with Crippen LogP contribution in [0.2, 0.25) is 5.02 Å². The molecule has 2 aromatic heterocycles. The second-order valence-corrected chi connectivity index (χ2v) is 5.20. The molecule has 0 aromatic carbocycles. The molecule has 0 saturated carbocycles. The van der Waals surface area contributed by atoms with Gasteiger partial charge in [0.1, 0.15) is 0 Å². The minimum absolute atomic E-state index is 0.229. The van der Waals surface area contributed by atoms with E-state index in [0.717, 1.165) is 31.5 Å². The number of hydrogen-bond acceptors (Lipinski definition) is 3. The lowest BCUT2D eigenvalue weighted by molar-refractivity contribution is 0.108. The highest BCUT2D eigenvalue weighted by molar-refractivity contribution is 6.69. The molecule has 0 N–H and O–H groups in total. The number of halogens is 2. The quantitative estimate of drug-likeness (QED) is 0.620. The highest BCUT2D eigenvalue weighted by atomic mass is 35.5. The van der Waals surface area contributed by atoms with E-state index in [2.05, 4.69) is 17.0 Å². The highest BCUT2D eigenvalue weighted by Gasteiger charge is 2.17. The fourth-order valence-electron chi connectivity index (χ4n) is 2.08. The lowest BCUT2D eigenvalue weighted by Crippen LogP contribution is -2.02. The second-order valence-electron chi connectivity index (χ2n) is 4.47. The van der Waals surface area contributed by atoms with Crippen molar-refractivity contribution < 1.29 is 4.79 Å². The number of aryl methyl sites for hydroxylation is 2. The standard InChI is InChI=1S/C13H15Cl2N3O/c1-3-4-5-6-18-13-10(8(2)17-18)11(14)9(7-16-13)12(15)19/h7H,3-6H2,1-2H3. The summed E-state index contributed by atoms with van der Waals surface area (Å²) in [5, 5.41) is 4.89. The van der Waals surface area contributed by atoms with Gasteiger partial charge in [0.2, 0.25) is 0 Å². The molecule has 0 bridgehead atoms. The summed E-state index contributed by atoms with van der Waals surface area (Å²) in [5.41, 5.74) is 1.70. The van der Waals surface area contributed by atoms with Gasteiger partial charge in [0.05, 0.1) is 21.7 Å². The van der Waals surface area contributed by atoms with Crippen molar-refractivity contribution >= 4 is 39.5 Å². The maximum atomic E-state index is 11.3. The Bertz CT molecular complexity index is 622. The fraction of sp³-hybridized carbons (Fsp3) is 0.462. The Morgan fingerprint density at radius 2 is 2.16 bits per heavy atom. The smallest absolute Gasteiger partial charge is 0.255 e. The Hall–Kier alpha value is -1.13. The number of unbranched alkanes of at least 4 members (excludes halogenated alkanes) is 2. The summed E-state index contributed by atoms with van der Waals surface area (Å²) in [6.07, 6.45) is 4.75. The molecule has 19 heavy (non-hydrogen) atoms. The molecule has 0 amide bonds. The van der Waals surface area contributed by atoms with Gasteiger partial charge in [0.25, 0.3) is 5.24 Å². The summed E-state index contributed by atoms with van der Waals surface area (Å²) in [7, 11) is 0. The van der Waals surface area contributed by atoms with Crippen LogP contribution in [-0.4, -0.2) is 20.0 Å². The van der Waals surface area contributed by atoms with Gasteiger partial charge in [0.15, 0.2) is 5.65 Å². The van der Waals surface area contributed by atoms with E-state index in [1.807, 2.05) is 11.6 Å². The maximum absolute atomic E-state index is 11.3. The largest absolute Gasteiger partial charge is 0.275 e. The van der Waals surface area contributed by atoms with E-state index >= 15 is 0 Å². The molecule has 0 fully saturated rings. The normalized spacial score (nSPS) is 11.2. The number of pyridine rings is 1. The first-order chi connectivity index (χ1) is 9.06. The molecular weight excluding hydrogens is 285 g/mol. The van der Waals surface area contributed by atoms with Crippen molar-refractivity contribution in [2.75, 3.05) is 0 Å². The van der Waals surface area contributed by atoms with E-state index in [1.54, 1.807) is 0 Å². The minimum atomic E-state index is -0.600. The molecule has 102 valence electrons. The first kappa shape index (κ1) is 14.3. The summed E-state index contributed by atoms with van der Waals surface area (Å²) in [5.74, 6) is 0. The van der Waals surface area contributed by atoms with Crippen molar-refractivity contribution in [3.8, 4) is 0 Å². The van der Waals surface area contributed by atoms with Gasteiger partial charge in [-0.2, -0.15) is 5.10 Å². The summed E-state index contributed by atoms with van der Waals surface area (Å²) in [4.78, 5) is 15.5. The number of aromatic nitrogens is 3. The number of nitrogens with zero attached hydrogens (tertiary/aromatic N) is 3. The molecule has 0 aliphatic carbocycles. The average Bonchev–Trinajstić information content (AvgIpc) is 2.67. The molecule has 2 rings (SSSR count). The molecule has 0 aliphatic heterocycles.